The number of phenols is 2. The standard InChI is InChI=1S/C38H28N2O4/c41-35-29(37-39-31(21-43-37)23-11-3-1-4-12-23)19-25-15-7-9-17-27(25)33(35)34-28-18-10-8-16-26(28)20-30(36(34)42)38-40-32(22-44-38)24-13-5-2-6-14-24/h1-20,31-32,41-42H,21-22H2/t31-,32?/m0/s1. The first-order valence-electron chi connectivity index (χ1n) is 14.7. The van der Waals surface area contributed by atoms with Crippen LogP contribution in [-0.4, -0.2) is 35.2 Å². The number of phenolic OH excluding ortho intramolecular Hbond substituents is 2. The van der Waals surface area contributed by atoms with Gasteiger partial charge in [0.05, 0.1) is 11.1 Å². The van der Waals surface area contributed by atoms with Crippen molar-refractivity contribution >= 4 is 33.3 Å². The maximum Gasteiger partial charge on any atom is 0.220 e. The number of fused-ring (bicyclic) bond motifs is 2. The van der Waals surface area contributed by atoms with Gasteiger partial charge in [-0.05, 0) is 44.8 Å². The smallest absolute Gasteiger partial charge is 0.220 e. The van der Waals surface area contributed by atoms with Crippen LogP contribution in [0.25, 0.3) is 32.7 Å². The molecule has 6 heteroatoms. The van der Waals surface area contributed by atoms with Crippen LogP contribution < -0.4 is 0 Å². The van der Waals surface area contributed by atoms with Crippen LogP contribution in [0.2, 0.25) is 0 Å². The highest BCUT2D eigenvalue weighted by Crippen LogP contribution is 2.48. The van der Waals surface area contributed by atoms with Gasteiger partial charge in [0, 0.05) is 11.1 Å². The van der Waals surface area contributed by atoms with Crippen LogP contribution in [0.4, 0.5) is 0 Å². The molecule has 44 heavy (non-hydrogen) atoms. The van der Waals surface area contributed by atoms with E-state index in [4.69, 9.17) is 19.5 Å². The molecule has 6 aromatic carbocycles. The Balaban J connectivity index is 1.34. The monoisotopic (exact) mass is 576 g/mol. The fourth-order valence-electron chi connectivity index (χ4n) is 6.24. The molecule has 2 heterocycles. The summed E-state index contributed by atoms with van der Waals surface area (Å²) in [5, 5.41) is 27.5. The molecule has 0 spiro atoms. The van der Waals surface area contributed by atoms with E-state index in [-0.39, 0.29) is 23.6 Å². The predicted molar refractivity (Wildman–Crippen MR) is 174 cm³/mol. The third-order valence-electron chi connectivity index (χ3n) is 8.43. The van der Waals surface area contributed by atoms with Crippen LogP contribution in [0.15, 0.2) is 131 Å². The number of hydrogen-bond donors (Lipinski definition) is 2. The molecule has 214 valence electrons. The second kappa shape index (κ2) is 10.6. The van der Waals surface area contributed by atoms with Gasteiger partial charge in [0.25, 0.3) is 0 Å². The third-order valence-corrected chi connectivity index (χ3v) is 8.43. The van der Waals surface area contributed by atoms with Crippen molar-refractivity contribution in [2.24, 2.45) is 9.98 Å². The molecule has 2 aliphatic heterocycles. The van der Waals surface area contributed by atoms with E-state index in [0.717, 1.165) is 32.7 Å². The lowest BCUT2D eigenvalue weighted by atomic mass is 9.88. The number of benzene rings is 6. The molecular formula is C38H28N2O4. The van der Waals surface area contributed by atoms with Gasteiger partial charge in [-0.1, -0.05) is 109 Å². The van der Waals surface area contributed by atoms with Gasteiger partial charge in [0.2, 0.25) is 11.8 Å². The first-order chi connectivity index (χ1) is 21.7. The first kappa shape index (κ1) is 26.0. The average Bonchev–Trinajstić information content (AvgIpc) is 3.77. The van der Waals surface area contributed by atoms with Crippen molar-refractivity contribution in [1.29, 1.82) is 0 Å². The van der Waals surface area contributed by atoms with E-state index in [0.29, 0.717) is 47.3 Å². The largest absolute Gasteiger partial charge is 0.506 e. The van der Waals surface area contributed by atoms with Crippen LogP contribution in [0.5, 0.6) is 11.5 Å². The highest BCUT2D eigenvalue weighted by Gasteiger charge is 2.30. The van der Waals surface area contributed by atoms with Crippen LogP contribution in [0.1, 0.15) is 34.3 Å². The van der Waals surface area contributed by atoms with Crippen molar-refractivity contribution in [3.63, 3.8) is 0 Å². The van der Waals surface area contributed by atoms with E-state index in [1.54, 1.807) is 0 Å². The average molecular weight is 577 g/mol. The predicted octanol–water partition coefficient (Wildman–Crippen LogP) is 8.11. The molecule has 0 aromatic heterocycles. The van der Waals surface area contributed by atoms with E-state index >= 15 is 0 Å². The topological polar surface area (TPSA) is 83.6 Å². The highest BCUT2D eigenvalue weighted by molar-refractivity contribution is 6.16. The van der Waals surface area contributed by atoms with Crippen molar-refractivity contribution in [1.82, 2.24) is 0 Å². The van der Waals surface area contributed by atoms with Gasteiger partial charge in [0.1, 0.15) is 36.8 Å². The molecule has 0 bridgehead atoms. The quantitative estimate of drug-likeness (QED) is 0.217. The molecule has 8 rings (SSSR count). The first-order valence-corrected chi connectivity index (χ1v) is 14.7. The summed E-state index contributed by atoms with van der Waals surface area (Å²) < 4.78 is 12.2. The second-order valence-electron chi connectivity index (χ2n) is 11.1. The minimum Gasteiger partial charge on any atom is -0.506 e. The zero-order valence-corrected chi connectivity index (χ0v) is 23.7. The van der Waals surface area contributed by atoms with Gasteiger partial charge in [-0.3, -0.25) is 0 Å². The maximum atomic E-state index is 12.1. The number of rotatable bonds is 5. The fraction of sp³-hybridized carbons (Fsp3) is 0.105. The molecule has 0 aliphatic carbocycles. The summed E-state index contributed by atoms with van der Waals surface area (Å²) in [5.41, 5.74) is 4.05. The summed E-state index contributed by atoms with van der Waals surface area (Å²) in [5.74, 6) is 0.727. The van der Waals surface area contributed by atoms with E-state index in [1.165, 1.54) is 0 Å². The summed E-state index contributed by atoms with van der Waals surface area (Å²) in [4.78, 5) is 9.73. The van der Waals surface area contributed by atoms with Gasteiger partial charge in [-0.15, -0.1) is 0 Å². The van der Waals surface area contributed by atoms with Gasteiger partial charge < -0.3 is 19.7 Å². The Kier molecular flexibility index (Phi) is 6.26. The number of nitrogens with zero attached hydrogens (tertiary/aromatic N) is 2. The summed E-state index contributed by atoms with van der Waals surface area (Å²) in [6, 6.07) is 39.1. The fourth-order valence-corrected chi connectivity index (χ4v) is 6.24. The van der Waals surface area contributed by atoms with Crippen molar-refractivity contribution in [2.75, 3.05) is 13.2 Å². The molecule has 2 aliphatic rings. The van der Waals surface area contributed by atoms with Gasteiger partial charge in [-0.2, -0.15) is 0 Å². The van der Waals surface area contributed by atoms with Crippen LogP contribution in [0.3, 0.4) is 0 Å². The lowest BCUT2D eigenvalue weighted by Gasteiger charge is -2.18. The van der Waals surface area contributed by atoms with Crippen molar-refractivity contribution in [3.05, 3.63) is 144 Å². The molecule has 0 amide bonds. The molecule has 2 N–H and O–H groups in total. The molecular weight excluding hydrogens is 548 g/mol. The van der Waals surface area contributed by atoms with Gasteiger partial charge in [0.15, 0.2) is 0 Å². The molecule has 0 radical (unpaired) electrons. The molecule has 2 atom stereocenters. The Morgan fingerprint density at radius 2 is 0.886 bits per heavy atom. The Morgan fingerprint density at radius 3 is 1.32 bits per heavy atom. The molecule has 0 saturated carbocycles. The minimum atomic E-state index is -0.173. The van der Waals surface area contributed by atoms with Crippen molar-refractivity contribution in [2.45, 2.75) is 12.1 Å². The minimum absolute atomic E-state index is 0.00907. The molecule has 1 unspecified atom stereocenters. The number of hydrogen-bond acceptors (Lipinski definition) is 6. The van der Waals surface area contributed by atoms with Crippen LogP contribution >= 0.6 is 0 Å². The van der Waals surface area contributed by atoms with Gasteiger partial charge >= 0.3 is 0 Å². The Bertz CT molecular complexity index is 1950. The summed E-state index contributed by atoms with van der Waals surface area (Å²) in [6.45, 7) is 0.759. The number of aromatic hydroxyl groups is 2. The Hall–Kier alpha value is -5.62. The Labute approximate surface area is 254 Å². The normalized spacial score (nSPS) is 17.7. The summed E-state index contributed by atoms with van der Waals surface area (Å²) in [7, 11) is 0. The lowest BCUT2D eigenvalue weighted by molar-refractivity contribution is 0.318. The summed E-state index contributed by atoms with van der Waals surface area (Å²) >= 11 is 0. The third kappa shape index (κ3) is 4.34. The molecule has 6 nitrogen and oxygen atoms in total. The van der Waals surface area contributed by atoms with Crippen LogP contribution in [0, 0.1) is 0 Å². The van der Waals surface area contributed by atoms with E-state index < -0.39 is 0 Å². The van der Waals surface area contributed by atoms with E-state index in [2.05, 4.69) is 0 Å². The zero-order valence-electron chi connectivity index (χ0n) is 23.7. The molecule has 6 aromatic rings. The number of ether oxygens (including phenoxy) is 2. The lowest BCUT2D eigenvalue weighted by Crippen LogP contribution is -2.05. The zero-order chi connectivity index (χ0) is 29.6. The molecule has 0 saturated heterocycles. The van der Waals surface area contributed by atoms with Crippen LogP contribution in [-0.2, 0) is 9.47 Å². The van der Waals surface area contributed by atoms with Crippen molar-refractivity contribution < 1.29 is 19.7 Å². The highest BCUT2D eigenvalue weighted by atomic mass is 16.5. The van der Waals surface area contributed by atoms with E-state index in [9.17, 15) is 10.2 Å². The van der Waals surface area contributed by atoms with Gasteiger partial charge in [-0.25, -0.2) is 9.98 Å². The SMILES string of the molecule is Oc1c(C2=NC(c3ccccc3)CO2)cc2ccccc2c1-c1c(O)c(C2=N[C@H](c3ccccc3)CO2)cc2ccccc12. The van der Waals surface area contributed by atoms with E-state index in [1.807, 2.05) is 121 Å². The molecule has 0 fully saturated rings. The Morgan fingerprint density at radius 1 is 0.500 bits per heavy atom. The summed E-state index contributed by atoms with van der Waals surface area (Å²) in [6.07, 6.45) is 0. The second-order valence-corrected chi connectivity index (χ2v) is 11.1. The maximum absolute atomic E-state index is 12.1. The number of aliphatic imine (C=N–C) groups is 2. The van der Waals surface area contributed by atoms with Crippen molar-refractivity contribution in [3.8, 4) is 22.6 Å².